The fourth-order valence-corrected chi connectivity index (χ4v) is 2.22. The molecule has 0 fully saturated rings. The number of aliphatic hydroxyl groups is 4. The van der Waals surface area contributed by atoms with Crippen LogP contribution in [0.5, 0.6) is 0 Å². The highest BCUT2D eigenvalue weighted by atomic mass is 16.6. The Hall–Kier alpha value is -0.200. The number of ether oxygens (including phenoxy) is 1. The molecule has 0 aromatic heterocycles. The van der Waals surface area contributed by atoms with Crippen LogP contribution in [0.25, 0.3) is 0 Å². The molecule has 0 spiro atoms. The van der Waals surface area contributed by atoms with Gasteiger partial charge >= 0.3 is 0 Å². The van der Waals surface area contributed by atoms with Crippen LogP contribution in [0, 0.1) is 5.92 Å². The molecular weight excluding hydrogens is 260 g/mol. The van der Waals surface area contributed by atoms with E-state index in [4.69, 9.17) is 9.84 Å². The van der Waals surface area contributed by atoms with Gasteiger partial charge in [0.15, 0.2) is 6.29 Å². The quantitative estimate of drug-likeness (QED) is 0.304. The molecule has 0 aliphatic rings. The van der Waals surface area contributed by atoms with Crippen LogP contribution in [0.1, 0.15) is 58.8 Å². The van der Waals surface area contributed by atoms with Crippen molar-refractivity contribution < 1.29 is 25.2 Å². The Morgan fingerprint density at radius 3 is 2.20 bits per heavy atom. The summed E-state index contributed by atoms with van der Waals surface area (Å²) in [5, 5.41) is 38.4. The van der Waals surface area contributed by atoms with E-state index in [-0.39, 0.29) is 25.2 Å². The lowest BCUT2D eigenvalue weighted by atomic mass is 9.91. The molecule has 0 saturated carbocycles. The van der Waals surface area contributed by atoms with E-state index in [0.717, 1.165) is 19.3 Å². The summed E-state index contributed by atoms with van der Waals surface area (Å²) in [5.74, 6) is -0.335. The molecular formula is C15H32O5. The van der Waals surface area contributed by atoms with E-state index in [1.54, 1.807) is 0 Å². The van der Waals surface area contributed by atoms with Crippen LogP contribution in [-0.2, 0) is 4.74 Å². The van der Waals surface area contributed by atoms with Gasteiger partial charge in [0, 0.05) is 12.5 Å². The van der Waals surface area contributed by atoms with E-state index in [1.807, 2.05) is 13.8 Å². The Labute approximate surface area is 122 Å². The maximum atomic E-state index is 10.1. The zero-order valence-corrected chi connectivity index (χ0v) is 12.9. The van der Waals surface area contributed by atoms with Gasteiger partial charge in [0.25, 0.3) is 0 Å². The number of hydrogen-bond acceptors (Lipinski definition) is 5. The highest BCUT2D eigenvalue weighted by Gasteiger charge is 2.26. The second-order valence-electron chi connectivity index (χ2n) is 5.35. The van der Waals surface area contributed by atoms with Crippen LogP contribution in [0.15, 0.2) is 0 Å². The van der Waals surface area contributed by atoms with E-state index in [0.29, 0.717) is 25.7 Å². The van der Waals surface area contributed by atoms with Gasteiger partial charge in [-0.25, -0.2) is 0 Å². The Bertz CT molecular complexity index is 212. The monoisotopic (exact) mass is 292 g/mol. The molecule has 5 heteroatoms. The molecule has 4 N–H and O–H groups in total. The van der Waals surface area contributed by atoms with Crippen molar-refractivity contribution in [2.75, 3.05) is 13.2 Å². The molecule has 20 heavy (non-hydrogen) atoms. The molecule has 0 aliphatic carbocycles. The van der Waals surface area contributed by atoms with E-state index in [1.165, 1.54) is 0 Å². The lowest BCUT2D eigenvalue weighted by molar-refractivity contribution is -0.162. The molecule has 0 bridgehead atoms. The van der Waals surface area contributed by atoms with Gasteiger partial charge in [-0.1, -0.05) is 26.7 Å². The van der Waals surface area contributed by atoms with Crippen molar-refractivity contribution in [2.24, 2.45) is 5.92 Å². The SMILES string of the molecule is CCC[C@H](O)C(CCCC(O)CC)C(O)OCCCO. The summed E-state index contributed by atoms with van der Waals surface area (Å²) in [4.78, 5) is 0. The first-order chi connectivity index (χ1) is 9.56. The maximum absolute atomic E-state index is 10.1. The predicted molar refractivity (Wildman–Crippen MR) is 78.2 cm³/mol. The second kappa shape index (κ2) is 12.5. The first-order valence-electron chi connectivity index (χ1n) is 7.83. The molecule has 0 rings (SSSR count). The minimum Gasteiger partial charge on any atom is -0.396 e. The maximum Gasteiger partial charge on any atom is 0.159 e. The van der Waals surface area contributed by atoms with Crippen LogP contribution in [0.2, 0.25) is 0 Å². The zero-order valence-electron chi connectivity index (χ0n) is 12.9. The molecule has 3 unspecified atom stereocenters. The summed E-state index contributed by atoms with van der Waals surface area (Å²) in [6, 6.07) is 0. The molecule has 0 radical (unpaired) electrons. The Morgan fingerprint density at radius 1 is 0.950 bits per heavy atom. The van der Waals surface area contributed by atoms with Gasteiger partial charge in [0.05, 0.1) is 18.8 Å². The second-order valence-corrected chi connectivity index (χ2v) is 5.35. The largest absolute Gasteiger partial charge is 0.396 e. The molecule has 0 amide bonds. The van der Waals surface area contributed by atoms with Gasteiger partial charge in [-0.3, -0.25) is 0 Å². The predicted octanol–water partition coefficient (Wildman–Crippen LogP) is 1.42. The fourth-order valence-electron chi connectivity index (χ4n) is 2.22. The highest BCUT2D eigenvalue weighted by Crippen LogP contribution is 2.22. The molecule has 0 saturated heterocycles. The van der Waals surface area contributed by atoms with Crippen molar-refractivity contribution in [1.82, 2.24) is 0 Å². The third-order valence-electron chi connectivity index (χ3n) is 3.58. The van der Waals surface area contributed by atoms with Crippen molar-refractivity contribution in [3.8, 4) is 0 Å². The normalized spacial score (nSPS) is 17.7. The first-order valence-corrected chi connectivity index (χ1v) is 7.83. The van der Waals surface area contributed by atoms with Crippen molar-refractivity contribution in [2.45, 2.75) is 77.3 Å². The van der Waals surface area contributed by atoms with Gasteiger partial charge in [-0.2, -0.15) is 0 Å². The number of aliphatic hydroxyl groups excluding tert-OH is 4. The van der Waals surface area contributed by atoms with Gasteiger partial charge in [-0.15, -0.1) is 0 Å². The minimum atomic E-state index is -1.01. The summed E-state index contributed by atoms with van der Waals surface area (Å²) < 4.78 is 5.27. The lowest BCUT2D eigenvalue weighted by Crippen LogP contribution is -2.34. The van der Waals surface area contributed by atoms with Crippen LogP contribution in [0.4, 0.5) is 0 Å². The van der Waals surface area contributed by atoms with Crippen LogP contribution in [-0.4, -0.2) is 52.1 Å². The standard InChI is InChI=1S/C15H32O5/c1-3-7-14(18)13(9-5-8-12(17)4-2)15(19)20-11-6-10-16/h12-19H,3-11H2,1-2H3/t12?,13?,14-,15?/m0/s1. The van der Waals surface area contributed by atoms with Crippen molar-refractivity contribution >= 4 is 0 Å². The summed E-state index contributed by atoms with van der Waals surface area (Å²) in [6.45, 7) is 4.23. The van der Waals surface area contributed by atoms with E-state index in [2.05, 4.69) is 0 Å². The zero-order chi connectivity index (χ0) is 15.4. The third-order valence-corrected chi connectivity index (χ3v) is 3.58. The van der Waals surface area contributed by atoms with Crippen molar-refractivity contribution in [1.29, 1.82) is 0 Å². The summed E-state index contributed by atoms with van der Waals surface area (Å²) in [6.07, 6.45) is 2.80. The number of rotatable bonds is 13. The van der Waals surface area contributed by atoms with Crippen LogP contribution >= 0.6 is 0 Å². The van der Waals surface area contributed by atoms with Crippen LogP contribution in [0.3, 0.4) is 0 Å². The molecule has 0 aromatic rings. The van der Waals surface area contributed by atoms with Crippen molar-refractivity contribution in [3.05, 3.63) is 0 Å². The summed E-state index contributed by atoms with van der Waals surface area (Å²) in [7, 11) is 0. The lowest BCUT2D eigenvalue weighted by Gasteiger charge is -2.27. The smallest absolute Gasteiger partial charge is 0.159 e. The van der Waals surface area contributed by atoms with E-state index < -0.39 is 12.4 Å². The summed E-state index contributed by atoms with van der Waals surface area (Å²) >= 11 is 0. The third kappa shape index (κ3) is 8.87. The molecule has 122 valence electrons. The molecule has 4 atom stereocenters. The van der Waals surface area contributed by atoms with E-state index in [9.17, 15) is 15.3 Å². The van der Waals surface area contributed by atoms with Gasteiger partial charge < -0.3 is 25.2 Å². The summed E-state index contributed by atoms with van der Waals surface area (Å²) in [5.41, 5.74) is 0. The molecule has 5 nitrogen and oxygen atoms in total. The minimum absolute atomic E-state index is 0.0254. The number of hydrogen-bond donors (Lipinski definition) is 4. The van der Waals surface area contributed by atoms with E-state index >= 15 is 0 Å². The topological polar surface area (TPSA) is 90.2 Å². The Kier molecular flexibility index (Phi) is 12.4. The molecule has 0 aromatic carbocycles. The molecule has 0 heterocycles. The fraction of sp³-hybridized carbons (Fsp3) is 1.00. The highest BCUT2D eigenvalue weighted by molar-refractivity contribution is 4.72. The van der Waals surface area contributed by atoms with Gasteiger partial charge in [0.2, 0.25) is 0 Å². The Balaban J connectivity index is 4.24. The van der Waals surface area contributed by atoms with Gasteiger partial charge in [-0.05, 0) is 32.1 Å². The van der Waals surface area contributed by atoms with Crippen molar-refractivity contribution in [3.63, 3.8) is 0 Å². The first kappa shape index (κ1) is 19.8. The average molecular weight is 292 g/mol. The Morgan fingerprint density at radius 2 is 1.65 bits per heavy atom. The molecule has 0 aliphatic heterocycles. The van der Waals surface area contributed by atoms with Gasteiger partial charge in [0.1, 0.15) is 0 Å². The van der Waals surface area contributed by atoms with Crippen LogP contribution < -0.4 is 0 Å². The average Bonchev–Trinajstić information content (AvgIpc) is 2.43.